The topological polar surface area (TPSA) is 78.0 Å². The molecule has 7 heteroatoms. The van der Waals surface area contributed by atoms with Crippen molar-refractivity contribution < 1.29 is 23.8 Å². The van der Waals surface area contributed by atoms with Gasteiger partial charge in [-0.15, -0.1) is 0 Å². The van der Waals surface area contributed by atoms with Crippen molar-refractivity contribution in [1.29, 1.82) is 0 Å². The van der Waals surface area contributed by atoms with Crippen molar-refractivity contribution in [3.63, 3.8) is 0 Å². The molecule has 1 amide bonds. The van der Waals surface area contributed by atoms with Crippen LogP contribution in [0, 0.1) is 5.92 Å². The van der Waals surface area contributed by atoms with Gasteiger partial charge in [-0.2, -0.15) is 0 Å². The molecule has 2 fully saturated rings. The molecule has 0 spiro atoms. The van der Waals surface area contributed by atoms with Crippen molar-refractivity contribution in [1.82, 2.24) is 9.88 Å². The van der Waals surface area contributed by atoms with E-state index in [-0.39, 0.29) is 42.4 Å². The van der Waals surface area contributed by atoms with Gasteiger partial charge in [0.25, 0.3) is 0 Å². The molecule has 3 aromatic rings. The molecule has 0 radical (unpaired) electrons. The molecule has 1 aromatic heterocycles. The Labute approximate surface area is 210 Å². The third-order valence-electron chi connectivity index (χ3n) is 7.66. The third kappa shape index (κ3) is 3.84. The number of fused-ring (bicyclic) bond motifs is 5. The van der Waals surface area contributed by atoms with Crippen LogP contribution in [0.1, 0.15) is 40.4 Å². The summed E-state index contributed by atoms with van der Waals surface area (Å²) in [5, 5.41) is 0. The smallest absolute Gasteiger partial charge is 0.410 e. The maximum absolute atomic E-state index is 13.4. The van der Waals surface area contributed by atoms with E-state index in [1.54, 1.807) is 23.2 Å². The van der Waals surface area contributed by atoms with E-state index in [9.17, 15) is 9.59 Å². The summed E-state index contributed by atoms with van der Waals surface area (Å²) in [5.74, 6) is 0.193. The highest BCUT2D eigenvalue weighted by Crippen LogP contribution is 2.45. The van der Waals surface area contributed by atoms with Crippen LogP contribution in [0.5, 0.6) is 5.75 Å². The van der Waals surface area contributed by atoms with Crippen molar-refractivity contribution in [2.75, 3.05) is 26.9 Å². The Hall–Kier alpha value is -3.71. The lowest BCUT2D eigenvalue weighted by Crippen LogP contribution is -2.60. The van der Waals surface area contributed by atoms with Crippen LogP contribution in [-0.2, 0) is 9.47 Å². The molecule has 1 aliphatic carbocycles. The van der Waals surface area contributed by atoms with Crippen molar-refractivity contribution in [3.05, 3.63) is 83.7 Å². The van der Waals surface area contributed by atoms with Crippen LogP contribution >= 0.6 is 0 Å². The number of piperidine rings is 1. The van der Waals surface area contributed by atoms with Gasteiger partial charge in [-0.3, -0.25) is 9.69 Å². The Kier molecular flexibility index (Phi) is 5.93. The number of hydrogen-bond donors (Lipinski definition) is 0. The fourth-order valence-corrected chi connectivity index (χ4v) is 6.03. The average Bonchev–Trinajstić information content (AvgIpc) is 3.24. The number of hydrogen-bond acceptors (Lipinski definition) is 6. The number of ether oxygens (including phenoxy) is 3. The highest BCUT2D eigenvalue weighted by molar-refractivity contribution is 5.98. The van der Waals surface area contributed by atoms with Crippen LogP contribution in [0.3, 0.4) is 0 Å². The summed E-state index contributed by atoms with van der Waals surface area (Å²) in [4.78, 5) is 32.7. The lowest BCUT2D eigenvalue weighted by Gasteiger charge is -2.47. The van der Waals surface area contributed by atoms with E-state index in [1.165, 1.54) is 29.4 Å². The quantitative estimate of drug-likeness (QED) is 0.489. The number of methoxy groups -OCH3 is 1. The van der Waals surface area contributed by atoms with Crippen molar-refractivity contribution >= 4 is 11.9 Å². The molecule has 2 unspecified atom stereocenters. The molecule has 2 aromatic carbocycles. The molecule has 3 aliphatic rings. The summed E-state index contributed by atoms with van der Waals surface area (Å²) < 4.78 is 17.1. The van der Waals surface area contributed by atoms with Gasteiger partial charge in [0, 0.05) is 18.0 Å². The van der Waals surface area contributed by atoms with E-state index >= 15 is 0 Å². The first-order chi connectivity index (χ1) is 17.7. The fraction of sp³-hybridized carbons (Fsp3) is 0.345. The van der Waals surface area contributed by atoms with Gasteiger partial charge in [0.15, 0.2) is 5.78 Å². The number of carbonyl (C=O) groups is 2. The van der Waals surface area contributed by atoms with Gasteiger partial charge in [0.05, 0.1) is 32.4 Å². The van der Waals surface area contributed by atoms with Gasteiger partial charge in [-0.25, -0.2) is 9.78 Å². The molecule has 3 heterocycles. The van der Waals surface area contributed by atoms with Crippen molar-refractivity contribution in [2.24, 2.45) is 5.92 Å². The van der Waals surface area contributed by atoms with Crippen molar-refractivity contribution in [2.45, 2.75) is 30.8 Å². The maximum Gasteiger partial charge on any atom is 0.410 e. The molecule has 184 valence electrons. The summed E-state index contributed by atoms with van der Waals surface area (Å²) in [6.07, 6.45) is 2.29. The number of amides is 1. The summed E-state index contributed by atoms with van der Waals surface area (Å²) >= 11 is 0. The molecular weight excluding hydrogens is 456 g/mol. The zero-order valence-corrected chi connectivity index (χ0v) is 20.1. The van der Waals surface area contributed by atoms with Crippen LogP contribution in [0.25, 0.3) is 11.1 Å². The zero-order valence-electron chi connectivity index (χ0n) is 20.1. The van der Waals surface area contributed by atoms with E-state index in [4.69, 9.17) is 14.2 Å². The highest BCUT2D eigenvalue weighted by atomic mass is 16.6. The van der Waals surface area contributed by atoms with Crippen LogP contribution < -0.4 is 4.74 Å². The second kappa shape index (κ2) is 9.39. The summed E-state index contributed by atoms with van der Waals surface area (Å²) in [7, 11) is 1.54. The van der Waals surface area contributed by atoms with Crippen LogP contribution in [0.4, 0.5) is 4.79 Å². The molecular formula is C29H28N2O5. The Balaban J connectivity index is 1.17. The van der Waals surface area contributed by atoms with Crippen LogP contribution in [0.15, 0.2) is 66.9 Å². The Bertz CT molecular complexity index is 1250. The molecule has 2 atom stereocenters. The van der Waals surface area contributed by atoms with Crippen LogP contribution in [-0.4, -0.2) is 60.8 Å². The zero-order chi connectivity index (χ0) is 24.6. The van der Waals surface area contributed by atoms with E-state index in [0.29, 0.717) is 37.5 Å². The van der Waals surface area contributed by atoms with E-state index in [2.05, 4.69) is 29.2 Å². The number of Topliss-reactive ketones (excluding diaryl/α,β-unsaturated/α-hetero) is 1. The number of carbonyl (C=O) groups excluding carboxylic acids is 2. The minimum absolute atomic E-state index is 0.00757. The number of benzene rings is 2. The predicted molar refractivity (Wildman–Crippen MR) is 133 cm³/mol. The maximum atomic E-state index is 13.4. The fourth-order valence-electron chi connectivity index (χ4n) is 6.03. The van der Waals surface area contributed by atoms with E-state index < -0.39 is 0 Å². The molecule has 6 rings (SSSR count). The van der Waals surface area contributed by atoms with Gasteiger partial charge in [0.2, 0.25) is 0 Å². The summed E-state index contributed by atoms with van der Waals surface area (Å²) in [6, 6.07) is 19.7. The van der Waals surface area contributed by atoms with Gasteiger partial charge in [0.1, 0.15) is 18.1 Å². The first-order valence-electron chi connectivity index (χ1n) is 12.4. The minimum Gasteiger partial charge on any atom is -0.494 e. The Morgan fingerprint density at radius 3 is 2.22 bits per heavy atom. The Morgan fingerprint density at radius 1 is 0.944 bits per heavy atom. The van der Waals surface area contributed by atoms with E-state index in [0.717, 1.165) is 0 Å². The molecule has 36 heavy (non-hydrogen) atoms. The number of pyridine rings is 1. The third-order valence-corrected chi connectivity index (χ3v) is 7.66. The number of aromatic nitrogens is 1. The Morgan fingerprint density at radius 2 is 1.58 bits per heavy atom. The lowest BCUT2D eigenvalue weighted by atomic mass is 9.81. The number of nitrogens with zero attached hydrogens (tertiary/aromatic N) is 2. The van der Waals surface area contributed by atoms with E-state index in [1.807, 2.05) is 24.3 Å². The second-order valence-corrected chi connectivity index (χ2v) is 9.64. The summed E-state index contributed by atoms with van der Waals surface area (Å²) in [5.41, 5.74) is 5.11. The van der Waals surface area contributed by atoms with Gasteiger partial charge < -0.3 is 14.2 Å². The number of rotatable bonds is 5. The summed E-state index contributed by atoms with van der Waals surface area (Å²) in [6.45, 7) is 1.06. The van der Waals surface area contributed by atoms with Gasteiger partial charge in [-0.1, -0.05) is 48.5 Å². The van der Waals surface area contributed by atoms with Crippen molar-refractivity contribution in [3.8, 4) is 16.9 Å². The van der Waals surface area contributed by atoms with Crippen LogP contribution in [0.2, 0.25) is 0 Å². The first-order valence-corrected chi connectivity index (χ1v) is 12.4. The van der Waals surface area contributed by atoms with Gasteiger partial charge in [-0.05, 0) is 47.2 Å². The minimum atomic E-state index is -0.337. The number of morpholine rings is 1. The lowest BCUT2D eigenvalue weighted by molar-refractivity contribution is -0.0748. The standard InChI is InChI=1S/C29H28N2O5/c1-34-26-11-6-12-30-27(26)28(32)18-13-19-15-35-16-20(14-18)31(19)29(33)36-17-25-23-9-4-2-7-21(23)22-8-3-5-10-24(22)25/h2-12,18-20,25H,13-17H2,1H3. The monoisotopic (exact) mass is 484 g/mol. The second-order valence-electron chi connectivity index (χ2n) is 9.64. The molecule has 7 nitrogen and oxygen atoms in total. The largest absolute Gasteiger partial charge is 0.494 e. The van der Waals surface area contributed by atoms with Gasteiger partial charge >= 0.3 is 6.09 Å². The molecule has 2 bridgehead atoms. The highest BCUT2D eigenvalue weighted by Gasteiger charge is 2.45. The molecule has 2 aliphatic heterocycles. The predicted octanol–water partition coefficient (Wildman–Crippen LogP) is 4.70. The molecule has 2 saturated heterocycles. The first kappa shape index (κ1) is 22.7. The molecule has 0 saturated carbocycles. The normalized spacial score (nSPS) is 22.5. The molecule has 0 N–H and O–H groups in total. The number of ketones is 1. The SMILES string of the molecule is COc1cccnc1C(=O)C1CC2COCC(C1)N2C(=O)OCC1c2ccccc2-c2ccccc21. The average molecular weight is 485 g/mol.